The zero-order valence-electron chi connectivity index (χ0n) is 16.7. The topological polar surface area (TPSA) is 35.6 Å². The maximum Gasteiger partial charge on any atom is 0.317 e. The number of halogens is 2. The molecule has 0 spiro atoms. The van der Waals surface area contributed by atoms with Gasteiger partial charge in [-0.3, -0.25) is 0 Å². The number of hydrogen-bond acceptors (Lipinski definition) is 3. The molecule has 1 aliphatic heterocycles. The van der Waals surface area contributed by atoms with Crippen molar-refractivity contribution in [1.29, 1.82) is 0 Å². The molecule has 1 aliphatic rings. The van der Waals surface area contributed by atoms with Crippen LogP contribution < -0.4 is 10.2 Å². The van der Waals surface area contributed by atoms with E-state index >= 15 is 0 Å². The van der Waals surface area contributed by atoms with Crippen molar-refractivity contribution in [2.45, 2.75) is 13.5 Å². The lowest BCUT2D eigenvalue weighted by atomic mass is 10.1. The van der Waals surface area contributed by atoms with Gasteiger partial charge in [0.15, 0.2) is 0 Å². The molecular formula is C23H23Cl2N3OS. The number of thiophene rings is 1. The van der Waals surface area contributed by atoms with Crippen LogP contribution in [-0.2, 0) is 6.54 Å². The zero-order chi connectivity index (χ0) is 21.1. The van der Waals surface area contributed by atoms with Crippen molar-refractivity contribution < 1.29 is 4.79 Å². The van der Waals surface area contributed by atoms with Crippen molar-refractivity contribution in [3.05, 3.63) is 75.1 Å². The zero-order valence-corrected chi connectivity index (χ0v) is 19.0. The Hall–Kier alpha value is -2.21. The number of rotatable bonds is 4. The number of piperazine rings is 1. The van der Waals surface area contributed by atoms with E-state index < -0.39 is 0 Å². The lowest BCUT2D eigenvalue weighted by molar-refractivity contribution is 0.194. The molecule has 2 aromatic carbocycles. The normalized spacial score (nSPS) is 14.1. The third-order valence-corrected chi connectivity index (χ3v) is 7.04. The average molecular weight is 460 g/mol. The second kappa shape index (κ2) is 9.29. The highest BCUT2D eigenvalue weighted by Crippen LogP contribution is 2.29. The van der Waals surface area contributed by atoms with Gasteiger partial charge in [-0.15, -0.1) is 11.3 Å². The first-order valence-corrected chi connectivity index (χ1v) is 11.5. The lowest BCUT2D eigenvalue weighted by Crippen LogP contribution is -2.51. The van der Waals surface area contributed by atoms with Crippen molar-refractivity contribution >= 4 is 46.3 Å². The quantitative estimate of drug-likeness (QED) is 0.514. The van der Waals surface area contributed by atoms with E-state index in [0.29, 0.717) is 29.7 Å². The van der Waals surface area contributed by atoms with Gasteiger partial charge in [-0.25, -0.2) is 4.79 Å². The van der Waals surface area contributed by atoms with Crippen LogP contribution in [0.2, 0.25) is 10.0 Å². The van der Waals surface area contributed by atoms with Crippen molar-refractivity contribution in [2.75, 3.05) is 31.1 Å². The molecule has 4 rings (SSSR count). The Morgan fingerprint density at radius 2 is 1.70 bits per heavy atom. The van der Waals surface area contributed by atoms with Crippen LogP contribution in [0, 0.1) is 6.92 Å². The van der Waals surface area contributed by atoms with E-state index in [4.69, 9.17) is 23.2 Å². The Morgan fingerprint density at radius 1 is 0.967 bits per heavy atom. The number of carbonyl (C=O) groups excluding carboxylic acids is 1. The number of nitrogens with zero attached hydrogens (tertiary/aromatic N) is 2. The van der Waals surface area contributed by atoms with Gasteiger partial charge >= 0.3 is 6.03 Å². The molecule has 7 heteroatoms. The second-order valence-corrected chi connectivity index (χ2v) is 9.44. The number of urea groups is 1. The van der Waals surface area contributed by atoms with Crippen LogP contribution in [-0.4, -0.2) is 37.1 Å². The van der Waals surface area contributed by atoms with Crippen LogP contribution >= 0.6 is 34.5 Å². The van der Waals surface area contributed by atoms with Gasteiger partial charge in [-0.2, -0.15) is 0 Å². The second-order valence-electron chi connectivity index (χ2n) is 7.34. The molecule has 30 heavy (non-hydrogen) atoms. The van der Waals surface area contributed by atoms with Crippen molar-refractivity contribution in [3.8, 4) is 10.4 Å². The van der Waals surface area contributed by atoms with Crippen molar-refractivity contribution in [2.24, 2.45) is 0 Å². The van der Waals surface area contributed by atoms with E-state index in [1.54, 1.807) is 12.1 Å². The molecule has 1 aromatic heterocycles. The van der Waals surface area contributed by atoms with E-state index in [2.05, 4.69) is 53.5 Å². The molecule has 3 aromatic rings. The van der Waals surface area contributed by atoms with Crippen molar-refractivity contribution in [3.63, 3.8) is 0 Å². The number of aryl methyl sites for hydroxylation is 1. The lowest BCUT2D eigenvalue weighted by Gasteiger charge is -2.36. The van der Waals surface area contributed by atoms with Crippen LogP contribution in [0.15, 0.2) is 54.6 Å². The fraction of sp³-hybridized carbons (Fsp3) is 0.261. The monoisotopic (exact) mass is 459 g/mol. The third kappa shape index (κ3) is 4.91. The van der Waals surface area contributed by atoms with Crippen LogP contribution in [0.25, 0.3) is 10.4 Å². The summed E-state index contributed by atoms with van der Waals surface area (Å²) in [6.07, 6.45) is 0. The summed E-state index contributed by atoms with van der Waals surface area (Å²) in [6.45, 7) is 5.58. The molecule has 2 amide bonds. The molecule has 1 saturated heterocycles. The number of nitrogens with one attached hydrogen (secondary N) is 1. The first-order valence-electron chi connectivity index (χ1n) is 9.88. The van der Waals surface area contributed by atoms with Gasteiger partial charge in [0.1, 0.15) is 0 Å². The number of amides is 2. The number of anilines is 1. The maximum atomic E-state index is 12.5. The molecule has 0 radical (unpaired) electrons. The van der Waals surface area contributed by atoms with Gasteiger partial charge in [-0.05, 0) is 54.4 Å². The molecule has 0 aliphatic carbocycles. The van der Waals surface area contributed by atoms with Gasteiger partial charge in [-0.1, -0.05) is 41.4 Å². The summed E-state index contributed by atoms with van der Waals surface area (Å²) in [6, 6.07) is 18.4. The molecule has 1 fully saturated rings. The summed E-state index contributed by atoms with van der Waals surface area (Å²) >= 11 is 13.8. The molecular weight excluding hydrogens is 437 g/mol. The van der Waals surface area contributed by atoms with E-state index in [0.717, 1.165) is 18.7 Å². The smallest absolute Gasteiger partial charge is 0.317 e. The molecule has 0 saturated carbocycles. The first-order chi connectivity index (χ1) is 14.5. The van der Waals surface area contributed by atoms with Gasteiger partial charge in [0.05, 0.1) is 10.0 Å². The molecule has 0 atom stereocenters. The Bertz CT molecular complexity index is 1030. The third-order valence-electron chi connectivity index (χ3n) is 5.25. The molecule has 2 heterocycles. The summed E-state index contributed by atoms with van der Waals surface area (Å²) in [4.78, 5) is 19.3. The van der Waals surface area contributed by atoms with Crippen LogP contribution in [0.3, 0.4) is 0 Å². The van der Waals surface area contributed by atoms with Gasteiger partial charge in [0.25, 0.3) is 0 Å². The summed E-state index contributed by atoms with van der Waals surface area (Å²) in [5.41, 5.74) is 3.37. The fourth-order valence-corrected chi connectivity index (χ4v) is 4.73. The Labute approximate surface area is 191 Å². The molecule has 1 N–H and O–H groups in total. The first kappa shape index (κ1) is 21.0. The minimum Gasteiger partial charge on any atom is -0.368 e. The molecule has 0 bridgehead atoms. The number of hydrogen-bond donors (Lipinski definition) is 1. The average Bonchev–Trinajstić information content (AvgIpc) is 3.21. The number of carbonyl (C=O) groups is 1. The Balaban J connectivity index is 1.29. The predicted octanol–water partition coefficient (Wildman–Crippen LogP) is 6.06. The molecule has 156 valence electrons. The van der Waals surface area contributed by atoms with E-state index in [9.17, 15) is 4.79 Å². The summed E-state index contributed by atoms with van der Waals surface area (Å²) in [5.74, 6) is 0. The summed E-state index contributed by atoms with van der Waals surface area (Å²) in [7, 11) is 0. The molecule has 0 unspecified atom stereocenters. The van der Waals surface area contributed by atoms with E-state index in [1.807, 2.05) is 22.3 Å². The highest BCUT2D eigenvalue weighted by molar-refractivity contribution is 7.15. The largest absolute Gasteiger partial charge is 0.368 e. The van der Waals surface area contributed by atoms with E-state index in [-0.39, 0.29) is 6.03 Å². The molecule has 4 nitrogen and oxygen atoms in total. The van der Waals surface area contributed by atoms with Gasteiger partial charge < -0.3 is 15.1 Å². The summed E-state index contributed by atoms with van der Waals surface area (Å²) < 4.78 is 0. The van der Waals surface area contributed by atoms with Gasteiger partial charge in [0, 0.05) is 48.2 Å². The minimum absolute atomic E-state index is 0.0517. The maximum absolute atomic E-state index is 12.5. The SMILES string of the molecule is Cc1ccc(-c2ccc(N3CCN(C(=O)NCc4ccc(Cl)c(Cl)c4)CC3)cc2)s1. The van der Waals surface area contributed by atoms with Crippen LogP contribution in [0.1, 0.15) is 10.4 Å². The van der Waals surface area contributed by atoms with Crippen LogP contribution in [0.4, 0.5) is 10.5 Å². The summed E-state index contributed by atoms with van der Waals surface area (Å²) in [5, 5.41) is 3.98. The highest BCUT2D eigenvalue weighted by atomic mass is 35.5. The number of benzene rings is 2. The standard InChI is InChI=1S/C23H23Cl2N3OS/c1-16-2-9-22(30-16)18-4-6-19(7-5-18)27-10-12-28(13-11-27)23(29)26-15-17-3-8-20(24)21(25)14-17/h2-9,14H,10-13,15H2,1H3,(H,26,29). The predicted molar refractivity (Wildman–Crippen MR) is 127 cm³/mol. The Kier molecular flexibility index (Phi) is 6.52. The van der Waals surface area contributed by atoms with Crippen LogP contribution in [0.5, 0.6) is 0 Å². The Morgan fingerprint density at radius 3 is 2.33 bits per heavy atom. The highest BCUT2D eigenvalue weighted by Gasteiger charge is 2.21. The fourth-order valence-electron chi connectivity index (χ4n) is 3.53. The van der Waals surface area contributed by atoms with Gasteiger partial charge in [0.2, 0.25) is 0 Å². The minimum atomic E-state index is -0.0517. The van der Waals surface area contributed by atoms with E-state index in [1.165, 1.54) is 21.0 Å². The van der Waals surface area contributed by atoms with Crippen molar-refractivity contribution in [1.82, 2.24) is 10.2 Å².